The van der Waals surface area contributed by atoms with Crippen molar-refractivity contribution in [1.29, 1.82) is 0 Å². The molecule has 2 saturated heterocycles. The van der Waals surface area contributed by atoms with E-state index in [1.54, 1.807) is 22.6 Å². The topological polar surface area (TPSA) is 59.5 Å². The van der Waals surface area contributed by atoms with E-state index in [0.29, 0.717) is 10.1 Å². The lowest BCUT2D eigenvalue weighted by Gasteiger charge is -2.37. The Morgan fingerprint density at radius 3 is 2.52 bits per heavy atom. The van der Waals surface area contributed by atoms with Gasteiger partial charge in [0.25, 0.3) is 10.0 Å². The third kappa shape index (κ3) is 2.77. The zero-order chi connectivity index (χ0) is 15.9. The highest BCUT2D eigenvalue weighted by atomic mass is 32.2. The molecule has 2 aliphatic rings. The van der Waals surface area contributed by atoms with Crippen LogP contribution in [0.4, 0.5) is 0 Å². The van der Waals surface area contributed by atoms with Crippen molar-refractivity contribution in [2.45, 2.75) is 48.1 Å². The Labute approximate surface area is 140 Å². The molecule has 0 aromatic carbocycles. The molecule has 2 unspecified atom stereocenters. The van der Waals surface area contributed by atoms with Crippen LogP contribution in [-0.2, 0) is 10.0 Å². The summed E-state index contributed by atoms with van der Waals surface area (Å²) in [5.41, 5.74) is 0. The summed E-state index contributed by atoms with van der Waals surface area (Å²) in [5, 5.41) is 1.81. The minimum absolute atomic E-state index is 0.0366. The Bertz CT molecular complexity index is 748. The van der Waals surface area contributed by atoms with Gasteiger partial charge in [0.2, 0.25) is 5.88 Å². The largest absolute Gasteiger partial charge is 0.474 e. The van der Waals surface area contributed by atoms with Crippen LogP contribution >= 0.6 is 11.3 Å². The SMILES string of the molecule is O=S(=O)(c1cccs1)N1C2CCC1CC(Oc1ccccn1)C2. The van der Waals surface area contributed by atoms with Crippen molar-refractivity contribution in [3.63, 3.8) is 0 Å². The molecule has 2 aromatic heterocycles. The van der Waals surface area contributed by atoms with Gasteiger partial charge in [0, 0.05) is 37.2 Å². The Balaban J connectivity index is 1.52. The second kappa shape index (κ2) is 5.89. The number of nitrogens with zero attached hydrogens (tertiary/aromatic N) is 2. The minimum atomic E-state index is -3.37. The molecule has 2 aromatic rings. The fraction of sp³-hybridized carbons (Fsp3) is 0.438. The zero-order valence-corrected chi connectivity index (χ0v) is 14.2. The number of hydrogen-bond donors (Lipinski definition) is 0. The lowest BCUT2D eigenvalue weighted by atomic mass is 10.0. The van der Waals surface area contributed by atoms with E-state index >= 15 is 0 Å². The number of thiophene rings is 1. The van der Waals surface area contributed by atoms with Crippen LogP contribution in [0.25, 0.3) is 0 Å². The molecule has 4 rings (SSSR count). The van der Waals surface area contributed by atoms with E-state index < -0.39 is 10.0 Å². The number of ether oxygens (including phenoxy) is 1. The van der Waals surface area contributed by atoms with E-state index in [4.69, 9.17) is 4.74 Å². The third-order valence-corrected chi connectivity index (χ3v) is 7.95. The molecule has 2 fully saturated rings. The molecule has 2 atom stereocenters. The predicted molar refractivity (Wildman–Crippen MR) is 88.0 cm³/mol. The first-order valence-corrected chi connectivity index (χ1v) is 10.1. The lowest BCUT2D eigenvalue weighted by molar-refractivity contribution is 0.0919. The van der Waals surface area contributed by atoms with Crippen LogP contribution in [0.1, 0.15) is 25.7 Å². The number of aromatic nitrogens is 1. The highest BCUT2D eigenvalue weighted by Crippen LogP contribution is 2.41. The van der Waals surface area contributed by atoms with Gasteiger partial charge in [0.05, 0.1) is 0 Å². The monoisotopic (exact) mass is 350 g/mol. The van der Waals surface area contributed by atoms with Crippen molar-refractivity contribution in [1.82, 2.24) is 9.29 Å². The average molecular weight is 350 g/mol. The summed E-state index contributed by atoms with van der Waals surface area (Å²) >= 11 is 1.29. The first-order chi connectivity index (χ1) is 11.1. The number of piperidine rings is 1. The molecular formula is C16H18N2O3S2. The Morgan fingerprint density at radius 1 is 1.13 bits per heavy atom. The van der Waals surface area contributed by atoms with E-state index in [1.165, 1.54) is 11.3 Å². The number of fused-ring (bicyclic) bond motifs is 2. The highest BCUT2D eigenvalue weighted by Gasteiger charge is 2.48. The van der Waals surface area contributed by atoms with Crippen molar-refractivity contribution in [3.05, 3.63) is 41.9 Å². The summed E-state index contributed by atoms with van der Waals surface area (Å²) < 4.78 is 33.8. The normalized spacial score (nSPS) is 27.9. The standard InChI is InChI=1S/C16H18N2O3S2/c19-23(20,16-5-3-9-22-16)18-12-6-7-13(18)11-14(10-12)21-15-4-1-2-8-17-15/h1-5,8-9,12-14H,6-7,10-11H2. The molecule has 0 aliphatic carbocycles. The molecule has 0 spiro atoms. The molecule has 0 radical (unpaired) electrons. The quantitative estimate of drug-likeness (QED) is 0.851. The maximum Gasteiger partial charge on any atom is 0.253 e. The van der Waals surface area contributed by atoms with Gasteiger partial charge in [-0.15, -0.1) is 11.3 Å². The van der Waals surface area contributed by atoms with Crippen molar-refractivity contribution in [3.8, 4) is 5.88 Å². The van der Waals surface area contributed by atoms with Crippen LogP contribution in [0.2, 0.25) is 0 Å². The Morgan fingerprint density at radius 2 is 1.91 bits per heavy atom. The van der Waals surface area contributed by atoms with Gasteiger partial charge in [-0.05, 0) is 30.4 Å². The van der Waals surface area contributed by atoms with Gasteiger partial charge in [-0.25, -0.2) is 13.4 Å². The van der Waals surface area contributed by atoms with Gasteiger partial charge in [-0.1, -0.05) is 12.1 Å². The summed E-state index contributed by atoms with van der Waals surface area (Å²) in [6.07, 6.45) is 5.04. The molecular weight excluding hydrogens is 332 g/mol. The van der Waals surface area contributed by atoms with E-state index in [-0.39, 0.29) is 18.2 Å². The van der Waals surface area contributed by atoms with Crippen molar-refractivity contribution >= 4 is 21.4 Å². The molecule has 5 nitrogen and oxygen atoms in total. The van der Waals surface area contributed by atoms with E-state index in [1.807, 2.05) is 23.6 Å². The second-order valence-electron chi connectivity index (χ2n) is 6.03. The summed E-state index contributed by atoms with van der Waals surface area (Å²) in [6.45, 7) is 0. The van der Waals surface area contributed by atoms with Crippen molar-refractivity contribution in [2.24, 2.45) is 0 Å². The molecule has 0 saturated carbocycles. The minimum Gasteiger partial charge on any atom is -0.474 e. The molecule has 7 heteroatoms. The van der Waals surface area contributed by atoms with Crippen LogP contribution in [0.3, 0.4) is 0 Å². The van der Waals surface area contributed by atoms with Crippen LogP contribution in [-0.4, -0.2) is 35.9 Å². The molecule has 2 aliphatic heterocycles. The predicted octanol–water partition coefficient (Wildman–Crippen LogP) is 2.91. The fourth-order valence-electron chi connectivity index (χ4n) is 3.67. The van der Waals surface area contributed by atoms with Gasteiger partial charge >= 0.3 is 0 Å². The molecule has 0 N–H and O–H groups in total. The van der Waals surface area contributed by atoms with Crippen molar-refractivity contribution < 1.29 is 13.2 Å². The highest BCUT2D eigenvalue weighted by molar-refractivity contribution is 7.91. The average Bonchev–Trinajstić information content (AvgIpc) is 3.16. The van der Waals surface area contributed by atoms with Gasteiger partial charge < -0.3 is 4.74 Å². The third-order valence-electron chi connectivity index (χ3n) is 4.57. The second-order valence-corrected chi connectivity index (χ2v) is 9.05. The van der Waals surface area contributed by atoms with E-state index in [2.05, 4.69) is 4.98 Å². The Kier molecular flexibility index (Phi) is 3.87. The lowest BCUT2D eigenvalue weighted by Crippen LogP contribution is -2.49. The number of rotatable bonds is 4. The van der Waals surface area contributed by atoms with Crippen LogP contribution < -0.4 is 4.74 Å². The van der Waals surface area contributed by atoms with Crippen LogP contribution in [0, 0.1) is 0 Å². The number of hydrogen-bond acceptors (Lipinski definition) is 5. The van der Waals surface area contributed by atoms with Gasteiger partial charge in [0.1, 0.15) is 10.3 Å². The first kappa shape index (κ1) is 15.1. The fourth-order valence-corrected chi connectivity index (χ4v) is 6.66. The van der Waals surface area contributed by atoms with Gasteiger partial charge in [-0.3, -0.25) is 0 Å². The van der Waals surface area contributed by atoms with Gasteiger partial charge in [-0.2, -0.15) is 4.31 Å². The Hall–Kier alpha value is -1.44. The summed E-state index contributed by atoms with van der Waals surface area (Å²) in [7, 11) is -3.37. The molecule has 2 bridgehead atoms. The number of pyridine rings is 1. The molecule has 0 amide bonds. The first-order valence-electron chi connectivity index (χ1n) is 7.79. The molecule has 23 heavy (non-hydrogen) atoms. The van der Waals surface area contributed by atoms with Gasteiger partial charge in [0.15, 0.2) is 0 Å². The summed E-state index contributed by atoms with van der Waals surface area (Å²) in [6, 6.07) is 9.15. The molecule has 122 valence electrons. The summed E-state index contributed by atoms with van der Waals surface area (Å²) in [4.78, 5) is 4.20. The van der Waals surface area contributed by atoms with Crippen LogP contribution in [0.5, 0.6) is 5.88 Å². The van der Waals surface area contributed by atoms with E-state index in [9.17, 15) is 8.42 Å². The summed E-state index contributed by atoms with van der Waals surface area (Å²) in [5.74, 6) is 0.617. The van der Waals surface area contributed by atoms with Crippen LogP contribution in [0.15, 0.2) is 46.1 Å². The van der Waals surface area contributed by atoms with Crippen molar-refractivity contribution in [2.75, 3.05) is 0 Å². The van der Waals surface area contributed by atoms with E-state index in [0.717, 1.165) is 25.7 Å². The smallest absolute Gasteiger partial charge is 0.253 e. The number of sulfonamides is 1. The molecule has 4 heterocycles. The zero-order valence-electron chi connectivity index (χ0n) is 12.5. The maximum absolute atomic E-state index is 12.9. The maximum atomic E-state index is 12.9.